The van der Waals surface area contributed by atoms with E-state index in [2.05, 4.69) is 29.6 Å². The van der Waals surface area contributed by atoms with Gasteiger partial charge >= 0.3 is 5.97 Å². The molecule has 1 aromatic heterocycles. The van der Waals surface area contributed by atoms with E-state index >= 15 is 0 Å². The molecule has 2 nitrogen and oxygen atoms in total. The number of hydrogen-bond donors (Lipinski definition) is 0. The molecule has 0 aliphatic carbocycles. The van der Waals surface area contributed by atoms with Gasteiger partial charge in [-0.2, -0.15) is 0 Å². The minimum atomic E-state index is -0.279. The van der Waals surface area contributed by atoms with E-state index < -0.39 is 0 Å². The van der Waals surface area contributed by atoms with E-state index in [0.29, 0.717) is 0 Å². The minimum absolute atomic E-state index is 0.168. The van der Waals surface area contributed by atoms with Crippen molar-refractivity contribution in [1.29, 1.82) is 0 Å². The summed E-state index contributed by atoms with van der Waals surface area (Å²) in [6.07, 6.45) is 3.61. The molecule has 0 atom stereocenters. The molecule has 0 amide bonds. The zero-order valence-corrected chi connectivity index (χ0v) is 10.5. The Hall–Kier alpha value is -1.27. The van der Waals surface area contributed by atoms with Gasteiger partial charge in [0.2, 0.25) is 0 Å². The molecule has 1 heterocycles. The number of thiophene rings is 1. The fourth-order valence-corrected chi connectivity index (χ4v) is 2.10. The first-order chi connectivity index (χ1) is 7.77. The maximum Gasteiger partial charge on any atom is 0.317 e. The van der Waals surface area contributed by atoms with E-state index in [9.17, 15) is 4.79 Å². The van der Waals surface area contributed by atoms with Crippen molar-refractivity contribution in [3.05, 3.63) is 21.9 Å². The molecule has 0 unspecified atom stereocenters. The SMILES string of the molecule is CCCCc1ccsc1C#CCC(=O)OC. The third kappa shape index (κ3) is 4.08. The molecule has 86 valence electrons. The molecule has 0 spiro atoms. The van der Waals surface area contributed by atoms with E-state index in [1.54, 1.807) is 11.3 Å². The highest BCUT2D eigenvalue weighted by atomic mass is 32.1. The summed E-state index contributed by atoms with van der Waals surface area (Å²) in [5.74, 6) is 5.60. The third-order valence-electron chi connectivity index (χ3n) is 2.21. The van der Waals surface area contributed by atoms with Crippen molar-refractivity contribution < 1.29 is 9.53 Å². The summed E-state index contributed by atoms with van der Waals surface area (Å²) >= 11 is 1.63. The van der Waals surface area contributed by atoms with Crippen LogP contribution in [0.15, 0.2) is 11.4 Å². The maximum absolute atomic E-state index is 10.9. The lowest BCUT2D eigenvalue weighted by Crippen LogP contribution is -1.97. The molecule has 0 radical (unpaired) electrons. The highest BCUT2D eigenvalue weighted by Gasteiger charge is 2.01. The molecule has 16 heavy (non-hydrogen) atoms. The predicted octanol–water partition coefficient (Wildman–Crippen LogP) is 3.01. The summed E-state index contributed by atoms with van der Waals surface area (Å²) in [5, 5.41) is 2.05. The first-order valence-corrected chi connectivity index (χ1v) is 6.28. The highest BCUT2D eigenvalue weighted by Crippen LogP contribution is 2.17. The zero-order valence-electron chi connectivity index (χ0n) is 9.71. The van der Waals surface area contributed by atoms with Crippen LogP contribution in [0.25, 0.3) is 0 Å². The van der Waals surface area contributed by atoms with E-state index in [1.165, 1.54) is 25.5 Å². The summed E-state index contributed by atoms with van der Waals surface area (Å²) in [6.45, 7) is 2.18. The Balaban J connectivity index is 2.58. The van der Waals surface area contributed by atoms with Crippen LogP contribution in [0.2, 0.25) is 0 Å². The van der Waals surface area contributed by atoms with Crippen LogP contribution in [0.1, 0.15) is 36.6 Å². The molecular formula is C13H16O2S. The Bertz CT molecular complexity index is 396. The second-order valence-electron chi connectivity index (χ2n) is 3.43. The van der Waals surface area contributed by atoms with Crippen LogP contribution >= 0.6 is 11.3 Å². The van der Waals surface area contributed by atoms with E-state index in [-0.39, 0.29) is 12.4 Å². The number of methoxy groups -OCH3 is 1. The zero-order chi connectivity index (χ0) is 11.8. The summed E-state index contributed by atoms with van der Waals surface area (Å²) in [5.41, 5.74) is 1.30. The molecule has 0 fully saturated rings. The van der Waals surface area contributed by atoms with Crippen molar-refractivity contribution in [2.24, 2.45) is 0 Å². The summed E-state index contributed by atoms with van der Waals surface area (Å²) in [6, 6.07) is 2.11. The van der Waals surface area contributed by atoms with Gasteiger partial charge in [0, 0.05) is 0 Å². The van der Waals surface area contributed by atoms with Gasteiger partial charge in [-0.1, -0.05) is 25.2 Å². The van der Waals surface area contributed by atoms with Gasteiger partial charge in [0.05, 0.1) is 12.0 Å². The molecule has 0 aliphatic rings. The molecular weight excluding hydrogens is 220 g/mol. The summed E-state index contributed by atoms with van der Waals surface area (Å²) in [4.78, 5) is 12.0. The fraction of sp³-hybridized carbons (Fsp3) is 0.462. The highest BCUT2D eigenvalue weighted by molar-refractivity contribution is 7.10. The van der Waals surface area contributed by atoms with Gasteiger partial charge in [0.1, 0.15) is 6.42 Å². The average Bonchev–Trinajstić information content (AvgIpc) is 2.73. The Morgan fingerprint density at radius 2 is 2.38 bits per heavy atom. The Kier molecular flexibility index (Phi) is 5.66. The van der Waals surface area contributed by atoms with Gasteiger partial charge in [-0.05, 0) is 29.9 Å². The van der Waals surface area contributed by atoms with Crippen LogP contribution in [0.3, 0.4) is 0 Å². The number of unbranched alkanes of at least 4 members (excludes halogenated alkanes) is 1. The Morgan fingerprint density at radius 1 is 1.56 bits per heavy atom. The number of carbonyl (C=O) groups is 1. The first-order valence-electron chi connectivity index (χ1n) is 5.40. The average molecular weight is 236 g/mol. The molecule has 0 bridgehead atoms. The van der Waals surface area contributed by atoms with Crippen molar-refractivity contribution in [2.75, 3.05) is 7.11 Å². The number of esters is 1. The van der Waals surface area contributed by atoms with Crippen LogP contribution in [0.4, 0.5) is 0 Å². The third-order valence-corrected chi connectivity index (χ3v) is 3.08. The predicted molar refractivity (Wildman–Crippen MR) is 66.4 cm³/mol. The lowest BCUT2D eigenvalue weighted by molar-refractivity contribution is -0.139. The molecule has 0 N–H and O–H groups in total. The molecule has 0 saturated carbocycles. The topological polar surface area (TPSA) is 26.3 Å². The van der Waals surface area contributed by atoms with Crippen molar-refractivity contribution >= 4 is 17.3 Å². The number of rotatable bonds is 4. The molecule has 1 aromatic rings. The van der Waals surface area contributed by atoms with Gasteiger partial charge in [-0.3, -0.25) is 4.79 Å². The smallest absolute Gasteiger partial charge is 0.317 e. The van der Waals surface area contributed by atoms with Gasteiger partial charge < -0.3 is 4.74 Å². The molecule has 1 rings (SSSR count). The van der Waals surface area contributed by atoms with Crippen LogP contribution < -0.4 is 0 Å². The Morgan fingerprint density at radius 3 is 3.06 bits per heavy atom. The largest absolute Gasteiger partial charge is 0.468 e. The molecule has 0 saturated heterocycles. The number of carbonyl (C=O) groups excluding carboxylic acids is 1. The molecule has 0 aromatic carbocycles. The second-order valence-corrected chi connectivity index (χ2v) is 4.35. The summed E-state index contributed by atoms with van der Waals surface area (Å²) < 4.78 is 4.53. The Labute approximate surface area is 101 Å². The van der Waals surface area contributed by atoms with Crippen LogP contribution in [0.5, 0.6) is 0 Å². The van der Waals surface area contributed by atoms with Crippen LogP contribution in [-0.2, 0) is 16.0 Å². The second kappa shape index (κ2) is 7.08. The number of aryl methyl sites for hydroxylation is 1. The van der Waals surface area contributed by atoms with Crippen molar-refractivity contribution in [2.45, 2.75) is 32.6 Å². The standard InChI is InChI=1S/C13H16O2S/c1-3-4-6-11-9-10-16-12(11)7-5-8-13(14)15-2/h9-10H,3-4,6,8H2,1-2H3. The lowest BCUT2D eigenvalue weighted by atomic mass is 10.1. The van der Waals surface area contributed by atoms with Crippen LogP contribution in [-0.4, -0.2) is 13.1 Å². The molecule has 3 heteroatoms. The fourth-order valence-electron chi connectivity index (χ4n) is 1.28. The van der Waals surface area contributed by atoms with Gasteiger partial charge in [-0.25, -0.2) is 0 Å². The summed E-state index contributed by atoms with van der Waals surface area (Å²) in [7, 11) is 1.38. The maximum atomic E-state index is 10.9. The van der Waals surface area contributed by atoms with E-state index in [1.807, 2.05) is 5.38 Å². The van der Waals surface area contributed by atoms with Crippen molar-refractivity contribution in [1.82, 2.24) is 0 Å². The van der Waals surface area contributed by atoms with Gasteiger partial charge in [0.25, 0.3) is 0 Å². The van der Waals surface area contributed by atoms with Gasteiger partial charge in [0.15, 0.2) is 0 Å². The van der Waals surface area contributed by atoms with E-state index in [4.69, 9.17) is 0 Å². The number of hydrogen-bond acceptors (Lipinski definition) is 3. The molecule has 0 aliphatic heterocycles. The first kappa shape index (κ1) is 12.8. The lowest BCUT2D eigenvalue weighted by Gasteiger charge is -1.95. The van der Waals surface area contributed by atoms with Crippen molar-refractivity contribution in [3.8, 4) is 11.8 Å². The van der Waals surface area contributed by atoms with Crippen molar-refractivity contribution in [3.63, 3.8) is 0 Å². The number of ether oxygens (including phenoxy) is 1. The monoisotopic (exact) mass is 236 g/mol. The van der Waals surface area contributed by atoms with Crippen LogP contribution in [0, 0.1) is 11.8 Å². The quantitative estimate of drug-likeness (QED) is 0.593. The van der Waals surface area contributed by atoms with E-state index in [0.717, 1.165) is 11.3 Å². The van der Waals surface area contributed by atoms with Gasteiger partial charge in [-0.15, -0.1) is 11.3 Å². The normalized spacial score (nSPS) is 9.38. The minimum Gasteiger partial charge on any atom is -0.468 e.